The Bertz CT molecular complexity index is 2460. The summed E-state index contributed by atoms with van der Waals surface area (Å²) in [5.74, 6) is -4.84. The molecule has 0 radical (unpaired) electrons. The molecule has 0 aliphatic carbocycles. The van der Waals surface area contributed by atoms with E-state index in [-0.39, 0.29) is 49.7 Å². The molecule has 24 heteroatoms. The zero-order valence-electron chi connectivity index (χ0n) is 45.4. The average molecular weight is 1080 g/mol. The van der Waals surface area contributed by atoms with E-state index in [2.05, 4.69) is 52.7 Å². The quantitative estimate of drug-likeness (QED) is 0.0292. The van der Waals surface area contributed by atoms with Crippen LogP contribution in [-0.4, -0.2) is 130 Å². The van der Waals surface area contributed by atoms with Crippen molar-refractivity contribution in [3.05, 3.63) is 70.9 Å². The highest BCUT2D eigenvalue weighted by atomic mass is 35.5. The number of nitrogens with zero attached hydrogens (tertiary/aromatic N) is 2. The molecule has 5 atom stereocenters. The number of carbonyl (C=O) groups is 9. The molecule has 0 aliphatic heterocycles. The van der Waals surface area contributed by atoms with E-state index in [4.69, 9.17) is 30.2 Å². The van der Waals surface area contributed by atoms with Gasteiger partial charge >= 0.3 is 18.3 Å². The van der Waals surface area contributed by atoms with E-state index in [1.54, 1.807) is 98.7 Å². The van der Waals surface area contributed by atoms with Gasteiger partial charge in [-0.3, -0.25) is 28.8 Å². The summed E-state index contributed by atoms with van der Waals surface area (Å²) in [7, 11) is 0. The first-order valence-corrected chi connectivity index (χ1v) is 25.4. The van der Waals surface area contributed by atoms with Crippen molar-refractivity contribution in [3.63, 3.8) is 0 Å². The molecule has 418 valence electrons. The summed E-state index contributed by atoms with van der Waals surface area (Å²) in [5.41, 5.74) is -0.574. The van der Waals surface area contributed by atoms with Gasteiger partial charge in [0.1, 0.15) is 41.0 Å². The largest absolute Gasteiger partial charge is 0.444 e. The number of Topliss-reactive ketones (excluding diaryl/α,β-unsaturated/α-hetero) is 1. The molecule has 2 aromatic carbocycles. The van der Waals surface area contributed by atoms with Gasteiger partial charge in [0, 0.05) is 30.6 Å². The molecule has 3 rings (SSSR count). The molecular formula is C52H75ClN10O13. The number of alkyl carbamates (subject to hydrolysis) is 3. The summed E-state index contributed by atoms with van der Waals surface area (Å²) in [6, 6.07) is 7.06. The van der Waals surface area contributed by atoms with Crippen LogP contribution in [0.3, 0.4) is 0 Å². The summed E-state index contributed by atoms with van der Waals surface area (Å²) in [4.78, 5) is 120. The molecule has 1 heterocycles. The van der Waals surface area contributed by atoms with Gasteiger partial charge in [-0.1, -0.05) is 35.9 Å². The van der Waals surface area contributed by atoms with Crippen molar-refractivity contribution in [1.82, 2.24) is 52.7 Å². The average Bonchev–Trinajstić information content (AvgIpc) is 3.75. The number of unbranched alkanes of at least 4 members (excludes halogenated alkanes) is 2. The molecule has 23 nitrogen and oxygen atoms in total. The number of aromatic nitrogens is 2. The zero-order valence-corrected chi connectivity index (χ0v) is 46.2. The van der Waals surface area contributed by atoms with Gasteiger partial charge in [0.25, 0.3) is 11.8 Å². The first-order chi connectivity index (χ1) is 35.4. The molecule has 0 aliphatic rings. The maximum absolute atomic E-state index is 14.2. The summed E-state index contributed by atoms with van der Waals surface area (Å²) in [6.07, 6.45) is -0.962. The molecule has 0 unspecified atom stereocenters. The summed E-state index contributed by atoms with van der Waals surface area (Å²) in [6.45, 7) is 19.3. The summed E-state index contributed by atoms with van der Waals surface area (Å²) < 4.78 is 21.2. The molecule has 76 heavy (non-hydrogen) atoms. The van der Waals surface area contributed by atoms with Gasteiger partial charge in [-0.15, -0.1) is 10.2 Å². The normalized spacial score (nSPS) is 13.5. The molecule has 0 fully saturated rings. The second-order valence-electron chi connectivity index (χ2n) is 20.9. The van der Waals surface area contributed by atoms with Gasteiger partial charge in [0.05, 0.1) is 12.6 Å². The lowest BCUT2D eigenvalue weighted by atomic mass is 10.0. The molecule has 1 aromatic heterocycles. The SMILES string of the molecule is Cc1nnc(C(=O)[C@H](C)NC(=O)[C@H](CCCCNC(=O)OC(C)(C)C)NC(=O)[C@H](C)NC(=O)[C@H](CCCCNC(=O)OC(C)(C)C)NC(=O)[C@H](CNC(=O)OC(C)(C)C)NC(=O)c2ccc(-c3ccc(Cl)cc3)cc2)o1. The number of hydrogen-bond donors (Lipinski definition) is 8. The Morgan fingerprint density at radius 2 is 0.947 bits per heavy atom. The van der Waals surface area contributed by atoms with E-state index >= 15 is 0 Å². The highest BCUT2D eigenvalue weighted by molar-refractivity contribution is 6.30. The fourth-order valence-electron chi connectivity index (χ4n) is 6.81. The fourth-order valence-corrected chi connectivity index (χ4v) is 6.94. The number of aryl methyl sites for hydroxylation is 1. The monoisotopic (exact) mass is 1080 g/mol. The fraction of sp³-hybridized carbons (Fsp3) is 0.558. The standard InChI is InChI=1S/C52H75ClN10O13/c1-30(40(64)46-63-62-32(3)73-46)57-43(67)37(17-13-15-27-54-47(70)74-50(4,5)6)59-41(65)31(2)58-44(68)38(18-14-16-28-55-48(71)75-51(7,8)9)60-45(69)39(29-56-49(72)76-52(10,11)12)61-42(66)35-21-19-33(20-22-35)34-23-25-36(53)26-24-34/h19-26,30-31,37-39H,13-18,27-29H2,1-12H3,(H,54,70)(H,55,71)(H,56,72)(H,57,67)(H,58,68)(H,59,65)(H,60,69)(H,61,66)/t30-,31-,37-,38-,39-/m0/s1. The maximum atomic E-state index is 14.2. The van der Waals surface area contributed by atoms with Crippen LogP contribution in [0.25, 0.3) is 11.1 Å². The van der Waals surface area contributed by atoms with Crippen molar-refractivity contribution < 1.29 is 61.8 Å². The Labute approximate surface area is 448 Å². The Morgan fingerprint density at radius 3 is 1.39 bits per heavy atom. The minimum atomic E-state index is -1.47. The first-order valence-electron chi connectivity index (χ1n) is 25.0. The second kappa shape index (κ2) is 29.1. The highest BCUT2D eigenvalue weighted by Crippen LogP contribution is 2.22. The third kappa shape index (κ3) is 23.9. The van der Waals surface area contributed by atoms with Gasteiger partial charge in [0.2, 0.25) is 35.3 Å². The molecule has 0 saturated carbocycles. The second-order valence-corrected chi connectivity index (χ2v) is 21.4. The van der Waals surface area contributed by atoms with Gasteiger partial charge < -0.3 is 61.2 Å². The molecule has 0 saturated heterocycles. The van der Waals surface area contributed by atoms with Gasteiger partial charge in [0.15, 0.2) is 0 Å². The molecule has 8 N–H and O–H groups in total. The topological polar surface area (TPSA) is 316 Å². The summed E-state index contributed by atoms with van der Waals surface area (Å²) in [5, 5.41) is 28.8. The number of hydrogen-bond acceptors (Lipinski definition) is 15. The van der Waals surface area contributed by atoms with Gasteiger partial charge in [-0.05, 0) is 150 Å². The minimum absolute atomic E-state index is 0.0295. The van der Waals surface area contributed by atoms with Crippen molar-refractivity contribution in [2.24, 2.45) is 0 Å². The molecule has 8 amide bonds. The van der Waals surface area contributed by atoms with Gasteiger partial charge in [-0.25, -0.2) is 14.4 Å². The molecule has 0 spiro atoms. The molecule has 0 bridgehead atoms. The van der Waals surface area contributed by atoms with Crippen LogP contribution < -0.4 is 42.5 Å². The number of ketones is 1. The van der Waals surface area contributed by atoms with Crippen LogP contribution in [0.4, 0.5) is 14.4 Å². The molecular weight excluding hydrogens is 1010 g/mol. The lowest BCUT2D eigenvalue weighted by molar-refractivity contribution is -0.134. The number of benzene rings is 2. The lowest BCUT2D eigenvalue weighted by Crippen LogP contribution is -2.59. The smallest absolute Gasteiger partial charge is 0.407 e. The minimum Gasteiger partial charge on any atom is -0.444 e. The number of halogens is 1. The third-order valence-corrected chi connectivity index (χ3v) is 10.7. The zero-order chi connectivity index (χ0) is 57.0. The van der Waals surface area contributed by atoms with E-state index in [1.807, 2.05) is 12.1 Å². The number of carbonyl (C=O) groups excluding carboxylic acids is 9. The van der Waals surface area contributed by atoms with Crippen LogP contribution in [0.1, 0.15) is 142 Å². The number of nitrogens with one attached hydrogen (secondary N) is 8. The Balaban J connectivity index is 1.85. The Morgan fingerprint density at radius 1 is 0.526 bits per heavy atom. The van der Waals surface area contributed by atoms with Crippen LogP contribution >= 0.6 is 11.6 Å². The third-order valence-electron chi connectivity index (χ3n) is 10.5. The van der Waals surface area contributed by atoms with Crippen LogP contribution in [0.15, 0.2) is 52.9 Å². The van der Waals surface area contributed by atoms with Crippen LogP contribution in [0.5, 0.6) is 0 Å². The van der Waals surface area contributed by atoms with E-state index in [9.17, 15) is 43.2 Å². The Hall–Kier alpha value is -7.30. The predicted molar refractivity (Wildman–Crippen MR) is 281 cm³/mol. The van der Waals surface area contributed by atoms with Crippen LogP contribution in [0, 0.1) is 6.92 Å². The Kier molecular flexibility index (Phi) is 24.1. The summed E-state index contributed by atoms with van der Waals surface area (Å²) >= 11 is 6.05. The van der Waals surface area contributed by atoms with Crippen molar-refractivity contribution in [2.75, 3.05) is 19.6 Å². The van der Waals surface area contributed by atoms with Crippen LogP contribution in [-0.2, 0) is 33.4 Å². The van der Waals surface area contributed by atoms with Crippen molar-refractivity contribution in [1.29, 1.82) is 0 Å². The maximum Gasteiger partial charge on any atom is 0.407 e. The molecule has 3 aromatic rings. The number of rotatable bonds is 25. The lowest BCUT2D eigenvalue weighted by Gasteiger charge is -2.26. The number of ether oxygens (including phenoxy) is 3. The van der Waals surface area contributed by atoms with E-state index in [1.165, 1.54) is 20.8 Å². The van der Waals surface area contributed by atoms with E-state index in [0.29, 0.717) is 24.3 Å². The van der Waals surface area contributed by atoms with E-state index in [0.717, 1.165) is 11.1 Å². The number of amides is 8. The van der Waals surface area contributed by atoms with Crippen molar-refractivity contribution in [2.45, 2.75) is 169 Å². The predicted octanol–water partition coefficient (Wildman–Crippen LogP) is 5.57. The van der Waals surface area contributed by atoms with Crippen molar-refractivity contribution >= 4 is 65.2 Å². The van der Waals surface area contributed by atoms with Gasteiger partial charge in [-0.2, -0.15) is 0 Å². The van der Waals surface area contributed by atoms with Crippen molar-refractivity contribution in [3.8, 4) is 11.1 Å². The van der Waals surface area contributed by atoms with E-state index < -0.39 is 107 Å². The first kappa shape index (κ1) is 63.0. The highest BCUT2D eigenvalue weighted by Gasteiger charge is 2.32. The van der Waals surface area contributed by atoms with Crippen LogP contribution in [0.2, 0.25) is 5.02 Å².